The molecule has 5 unspecified atom stereocenters. The molecule has 4 saturated carbocycles. The van der Waals surface area contributed by atoms with Crippen LogP contribution >= 0.6 is 0 Å². The second kappa shape index (κ2) is 6.56. The van der Waals surface area contributed by atoms with E-state index < -0.39 is 0 Å². The van der Waals surface area contributed by atoms with Gasteiger partial charge in [-0.05, 0) is 78.7 Å². The van der Waals surface area contributed by atoms with Gasteiger partial charge in [-0.15, -0.1) is 0 Å². The van der Waals surface area contributed by atoms with Crippen molar-refractivity contribution in [1.82, 2.24) is 9.55 Å². The molecule has 158 valence electrons. The summed E-state index contributed by atoms with van der Waals surface area (Å²) in [6.07, 6.45) is 10.8. The number of aliphatic hydroxyl groups is 1. The quantitative estimate of drug-likeness (QED) is 0.589. The molecule has 8 rings (SSSR count). The fourth-order valence-corrected chi connectivity index (χ4v) is 8.35. The molecule has 3 nitrogen and oxygen atoms in total. The topological polar surface area (TPSA) is 38.1 Å². The first-order chi connectivity index (χ1) is 15.2. The lowest BCUT2D eigenvalue weighted by atomic mass is 9.44. The molecule has 0 saturated heterocycles. The number of fused-ring (bicyclic) bond motifs is 3. The highest BCUT2D eigenvalue weighted by Gasteiger charge is 2.58. The third-order valence-corrected chi connectivity index (χ3v) is 9.26. The van der Waals surface area contributed by atoms with Gasteiger partial charge in [0.2, 0.25) is 0 Å². The normalized spacial score (nSPS) is 35.7. The first-order valence-corrected chi connectivity index (χ1v) is 12.1. The molecule has 1 aromatic heterocycles. The van der Waals surface area contributed by atoms with Crippen molar-refractivity contribution in [1.29, 1.82) is 0 Å². The maximum Gasteiger partial charge on any atom is 0.0956 e. The highest BCUT2D eigenvalue weighted by Crippen LogP contribution is 2.66. The minimum atomic E-state index is -0.247. The predicted octanol–water partition coefficient (Wildman–Crippen LogP) is 5.81. The Hall–Kier alpha value is -2.39. The third kappa shape index (κ3) is 2.59. The summed E-state index contributed by atoms with van der Waals surface area (Å²) in [5.41, 5.74) is 5.48. The standard InChI is InChI=1S/C28H30N2O/c31-26(12-24-22-8-4-5-9-23(22)25-16-29-17-30(24)25)28-13-18-10-20(14-28)27(21(11-18)15-28)19-6-2-1-3-7-19/h1-9,16-18,20-21,24,26-27,31H,10-15H2/t18?,20-,21?,24?,26?,27+,28?/m1/s1. The van der Waals surface area contributed by atoms with Crippen molar-refractivity contribution in [2.45, 2.75) is 56.6 Å². The number of rotatable bonds is 4. The lowest BCUT2D eigenvalue weighted by Crippen LogP contribution is -2.54. The molecule has 1 N–H and O–H groups in total. The van der Waals surface area contributed by atoms with Gasteiger partial charge >= 0.3 is 0 Å². The lowest BCUT2D eigenvalue weighted by Gasteiger charge is -2.62. The number of aromatic nitrogens is 2. The maximum atomic E-state index is 11.8. The smallest absolute Gasteiger partial charge is 0.0956 e. The summed E-state index contributed by atoms with van der Waals surface area (Å²) in [5, 5.41) is 11.8. The fraction of sp³-hybridized carbons (Fsp3) is 0.464. The van der Waals surface area contributed by atoms with Gasteiger partial charge in [-0.1, -0.05) is 54.6 Å². The van der Waals surface area contributed by atoms with Gasteiger partial charge in [0.15, 0.2) is 0 Å². The molecule has 1 aliphatic heterocycles. The second-order valence-electron chi connectivity index (χ2n) is 10.8. The number of hydrogen-bond donors (Lipinski definition) is 1. The number of hydrogen-bond acceptors (Lipinski definition) is 2. The molecule has 0 amide bonds. The number of imidazole rings is 1. The summed E-state index contributed by atoms with van der Waals surface area (Å²) < 4.78 is 2.29. The number of aliphatic hydroxyl groups excluding tert-OH is 1. The molecule has 0 radical (unpaired) electrons. The van der Waals surface area contributed by atoms with Gasteiger partial charge in [-0.2, -0.15) is 0 Å². The van der Waals surface area contributed by atoms with E-state index in [4.69, 9.17) is 0 Å². The van der Waals surface area contributed by atoms with E-state index in [0.717, 1.165) is 24.2 Å². The summed E-state index contributed by atoms with van der Waals surface area (Å²) in [7, 11) is 0. The summed E-state index contributed by atoms with van der Waals surface area (Å²) >= 11 is 0. The Labute approximate surface area is 184 Å². The van der Waals surface area contributed by atoms with Crippen LogP contribution < -0.4 is 0 Å². The third-order valence-electron chi connectivity index (χ3n) is 9.26. The van der Waals surface area contributed by atoms with Crippen LogP contribution in [0.2, 0.25) is 0 Å². The molecule has 2 heterocycles. The SMILES string of the molecule is OC(CC1c2ccccc2-c2cncn21)C12CC3CC(C1)[C@@H](c1ccccc1)[C@H](C3)C2. The Kier molecular flexibility index (Phi) is 3.85. The van der Waals surface area contributed by atoms with Crippen molar-refractivity contribution in [3.63, 3.8) is 0 Å². The van der Waals surface area contributed by atoms with Crippen LogP contribution in [0.5, 0.6) is 0 Å². The van der Waals surface area contributed by atoms with E-state index in [1.54, 1.807) is 0 Å². The van der Waals surface area contributed by atoms with Crippen molar-refractivity contribution in [3.8, 4) is 11.3 Å². The van der Waals surface area contributed by atoms with E-state index in [1.807, 2.05) is 12.5 Å². The van der Waals surface area contributed by atoms with Gasteiger partial charge in [-0.3, -0.25) is 0 Å². The van der Waals surface area contributed by atoms with Crippen molar-refractivity contribution in [2.24, 2.45) is 23.2 Å². The van der Waals surface area contributed by atoms with Gasteiger partial charge in [0.05, 0.1) is 30.4 Å². The first-order valence-electron chi connectivity index (χ1n) is 12.1. The van der Waals surface area contributed by atoms with Gasteiger partial charge in [-0.25, -0.2) is 4.98 Å². The van der Waals surface area contributed by atoms with Crippen LogP contribution in [0.4, 0.5) is 0 Å². The van der Waals surface area contributed by atoms with E-state index in [0.29, 0.717) is 5.92 Å². The molecular weight excluding hydrogens is 380 g/mol. The van der Waals surface area contributed by atoms with Crippen LogP contribution in [0.1, 0.15) is 61.6 Å². The molecule has 4 fully saturated rings. The van der Waals surface area contributed by atoms with Gasteiger partial charge in [0.1, 0.15) is 0 Å². The zero-order valence-electron chi connectivity index (χ0n) is 17.9. The molecule has 5 aliphatic rings. The van der Waals surface area contributed by atoms with E-state index >= 15 is 0 Å². The number of benzene rings is 2. The molecule has 4 bridgehead atoms. The first kappa shape index (κ1) is 18.2. The second-order valence-corrected chi connectivity index (χ2v) is 10.8. The monoisotopic (exact) mass is 410 g/mol. The fourth-order valence-electron chi connectivity index (χ4n) is 8.35. The summed E-state index contributed by atoms with van der Waals surface area (Å²) in [5.74, 6) is 2.99. The Morgan fingerprint density at radius 2 is 1.71 bits per heavy atom. The average Bonchev–Trinajstić information content (AvgIpc) is 3.36. The Morgan fingerprint density at radius 1 is 0.968 bits per heavy atom. The molecule has 31 heavy (non-hydrogen) atoms. The predicted molar refractivity (Wildman–Crippen MR) is 122 cm³/mol. The molecule has 0 spiro atoms. The van der Waals surface area contributed by atoms with Crippen LogP contribution in [-0.4, -0.2) is 20.8 Å². The molecular formula is C28H30N2O. The highest BCUT2D eigenvalue weighted by atomic mass is 16.3. The minimum absolute atomic E-state index is 0.111. The van der Waals surface area contributed by atoms with Crippen LogP contribution in [0.25, 0.3) is 11.3 Å². The van der Waals surface area contributed by atoms with Crippen LogP contribution in [-0.2, 0) is 0 Å². The van der Waals surface area contributed by atoms with Crippen LogP contribution in [0.3, 0.4) is 0 Å². The highest BCUT2D eigenvalue weighted by molar-refractivity contribution is 5.68. The molecule has 3 heteroatoms. The van der Waals surface area contributed by atoms with Gasteiger partial charge in [0.25, 0.3) is 0 Å². The zero-order chi connectivity index (χ0) is 20.6. The number of nitrogens with zero attached hydrogens (tertiary/aromatic N) is 2. The Bertz CT molecular complexity index is 1100. The summed E-state index contributed by atoms with van der Waals surface area (Å²) in [6, 6.07) is 20.1. The molecule has 4 aliphatic carbocycles. The van der Waals surface area contributed by atoms with Crippen molar-refractivity contribution in [3.05, 3.63) is 78.2 Å². The molecule has 7 atom stereocenters. The van der Waals surface area contributed by atoms with Crippen molar-refractivity contribution < 1.29 is 5.11 Å². The van der Waals surface area contributed by atoms with Crippen molar-refractivity contribution >= 4 is 0 Å². The van der Waals surface area contributed by atoms with E-state index in [2.05, 4.69) is 64.1 Å². The molecule has 2 aromatic carbocycles. The average molecular weight is 411 g/mol. The van der Waals surface area contributed by atoms with Gasteiger partial charge < -0.3 is 9.67 Å². The van der Waals surface area contributed by atoms with Crippen LogP contribution in [0, 0.1) is 23.2 Å². The lowest BCUT2D eigenvalue weighted by molar-refractivity contribution is -0.134. The van der Waals surface area contributed by atoms with E-state index in [1.165, 1.54) is 54.5 Å². The summed E-state index contributed by atoms with van der Waals surface area (Å²) in [4.78, 5) is 4.42. The molecule has 3 aromatic rings. The van der Waals surface area contributed by atoms with Gasteiger partial charge in [0, 0.05) is 5.56 Å². The van der Waals surface area contributed by atoms with E-state index in [-0.39, 0.29) is 17.6 Å². The Balaban J connectivity index is 1.19. The Morgan fingerprint density at radius 3 is 2.52 bits per heavy atom. The van der Waals surface area contributed by atoms with E-state index in [9.17, 15) is 5.11 Å². The van der Waals surface area contributed by atoms with Crippen LogP contribution in [0.15, 0.2) is 67.1 Å². The summed E-state index contributed by atoms with van der Waals surface area (Å²) in [6.45, 7) is 0. The largest absolute Gasteiger partial charge is 0.392 e. The minimum Gasteiger partial charge on any atom is -0.392 e. The van der Waals surface area contributed by atoms with Crippen molar-refractivity contribution in [2.75, 3.05) is 0 Å². The maximum absolute atomic E-state index is 11.8. The zero-order valence-corrected chi connectivity index (χ0v) is 17.9.